The van der Waals surface area contributed by atoms with Gasteiger partial charge in [-0.1, -0.05) is 36.4 Å². The summed E-state index contributed by atoms with van der Waals surface area (Å²) in [4.78, 5) is 34.3. The number of pyridine rings is 1. The Hall–Kier alpha value is -3.23. The number of hydrogen-bond acceptors (Lipinski definition) is 5. The molecule has 2 amide bonds. The molecule has 8 nitrogen and oxygen atoms in total. The van der Waals surface area contributed by atoms with Crippen LogP contribution in [0.2, 0.25) is 0 Å². The molecular formula is C29H37N5O3. The second-order valence-electron chi connectivity index (χ2n) is 10.3. The van der Waals surface area contributed by atoms with Gasteiger partial charge in [-0.05, 0) is 49.3 Å². The molecule has 0 saturated carbocycles. The van der Waals surface area contributed by atoms with E-state index in [9.17, 15) is 9.59 Å². The van der Waals surface area contributed by atoms with Gasteiger partial charge in [0.25, 0.3) is 0 Å². The van der Waals surface area contributed by atoms with E-state index in [0.29, 0.717) is 32.2 Å². The minimum Gasteiger partial charge on any atom is -0.375 e. The van der Waals surface area contributed by atoms with Crippen LogP contribution in [0, 0.1) is 5.92 Å². The highest BCUT2D eigenvalue weighted by molar-refractivity contribution is 5.79. The first-order valence-corrected chi connectivity index (χ1v) is 13.5. The Bertz CT molecular complexity index is 1140. The van der Waals surface area contributed by atoms with E-state index >= 15 is 0 Å². The molecule has 196 valence electrons. The summed E-state index contributed by atoms with van der Waals surface area (Å²) in [5.74, 6) is 0.776. The molecule has 1 N–H and O–H groups in total. The molecule has 2 aliphatic heterocycles. The highest BCUT2D eigenvalue weighted by Gasteiger charge is 2.26. The molecule has 0 radical (unpaired) electrons. The van der Waals surface area contributed by atoms with Crippen LogP contribution in [0.5, 0.6) is 0 Å². The number of carbonyl (C=O) groups excluding carboxylic acids is 2. The number of nitrogens with one attached hydrogen (secondary N) is 1. The van der Waals surface area contributed by atoms with E-state index in [1.54, 1.807) is 0 Å². The minimum atomic E-state index is -0.128. The van der Waals surface area contributed by atoms with Crippen molar-refractivity contribution in [2.24, 2.45) is 5.92 Å². The van der Waals surface area contributed by atoms with Gasteiger partial charge in [-0.25, -0.2) is 4.98 Å². The largest absolute Gasteiger partial charge is 0.375 e. The van der Waals surface area contributed by atoms with Crippen LogP contribution in [0.3, 0.4) is 0 Å². The topological polar surface area (TPSA) is 79.2 Å². The van der Waals surface area contributed by atoms with Crippen LogP contribution >= 0.6 is 0 Å². The van der Waals surface area contributed by atoms with Crippen molar-refractivity contribution in [3.63, 3.8) is 0 Å². The third kappa shape index (κ3) is 7.17. The van der Waals surface area contributed by atoms with E-state index in [-0.39, 0.29) is 24.3 Å². The first-order chi connectivity index (χ1) is 18.1. The average molecular weight is 504 g/mol. The van der Waals surface area contributed by atoms with Crippen LogP contribution in [0.4, 0.5) is 0 Å². The maximum absolute atomic E-state index is 13.1. The zero-order valence-electron chi connectivity index (χ0n) is 21.4. The monoisotopic (exact) mass is 503 g/mol. The van der Waals surface area contributed by atoms with E-state index in [1.807, 2.05) is 39.9 Å². The lowest BCUT2D eigenvalue weighted by molar-refractivity contribution is -0.134. The number of rotatable bonds is 8. The molecule has 2 aliphatic rings. The molecule has 1 atom stereocenters. The maximum atomic E-state index is 13.1. The average Bonchev–Trinajstić information content (AvgIpc) is 3.18. The molecule has 0 spiro atoms. The molecule has 2 aromatic heterocycles. The summed E-state index contributed by atoms with van der Waals surface area (Å²) in [6.45, 7) is 4.64. The predicted molar refractivity (Wildman–Crippen MR) is 142 cm³/mol. The van der Waals surface area contributed by atoms with E-state index in [0.717, 1.165) is 56.7 Å². The van der Waals surface area contributed by atoms with Gasteiger partial charge >= 0.3 is 0 Å². The van der Waals surface area contributed by atoms with E-state index in [4.69, 9.17) is 4.74 Å². The fourth-order valence-corrected chi connectivity index (χ4v) is 5.39. The predicted octanol–water partition coefficient (Wildman–Crippen LogP) is 2.57. The summed E-state index contributed by atoms with van der Waals surface area (Å²) in [7, 11) is 0. The van der Waals surface area contributed by atoms with Crippen molar-refractivity contribution < 1.29 is 14.3 Å². The fourth-order valence-electron chi connectivity index (χ4n) is 5.39. The van der Waals surface area contributed by atoms with Crippen molar-refractivity contribution in [2.45, 2.75) is 38.2 Å². The Morgan fingerprint density at radius 1 is 1.03 bits per heavy atom. The number of benzene rings is 1. The summed E-state index contributed by atoms with van der Waals surface area (Å²) in [6.07, 6.45) is 8.01. The number of nitrogens with zero attached hydrogens (tertiary/aromatic N) is 4. The van der Waals surface area contributed by atoms with Crippen LogP contribution in [-0.2, 0) is 27.2 Å². The summed E-state index contributed by atoms with van der Waals surface area (Å²) in [6, 6.07) is 16.4. The standard InChI is InChI=1S/C29H37N5O3/c35-28(18-25-20-34-13-5-4-9-27(34)31-25)30-19-26-21-32(12-6-16-37-26)22-29(36)33-14-10-24(11-15-33)17-23-7-2-1-3-8-23/h1-5,7-9,13,20,24,26H,6,10-12,14-19,21-22H2,(H,30,35). The number of piperidine rings is 1. The molecule has 0 bridgehead atoms. The Balaban J connectivity index is 1.05. The summed E-state index contributed by atoms with van der Waals surface area (Å²) >= 11 is 0. The number of imidazole rings is 1. The van der Waals surface area contributed by atoms with Crippen molar-refractivity contribution in [2.75, 3.05) is 45.9 Å². The molecule has 5 rings (SSSR count). The second kappa shape index (κ2) is 12.3. The maximum Gasteiger partial charge on any atom is 0.236 e. The Labute approximate surface area is 218 Å². The Morgan fingerprint density at radius 3 is 2.65 bits per heavy atom. The van der Waals surface area contributed by atoms with Crippen molar-refractivity contribution in [3.8, 4) is 0 Å². The van der Waals surface area contributed by atoms with Crippen molar-refractivity contribution >= 4 is 17.5 Å². The molecule has 8 heteroatoms. The van der Waals surface area contributed by atoms with Crippen LogP contribution in [-0.4, -0.2) is 83.0 Å². The molecule has 3 aromatic rings. The molecule has 1 aromatic carbocycles. The van der Waals surface area contributed by atoms with Gasteiger partial charge in [0.1, 0.15) is 5.65 Å². The van der Waals surface area contributed by atoms with Gasteiger partial charge in [0.15, 0.2) is 0 Å². The zero-order valence-corrected chi connectivity index (χ0v) is 21.4. The van der Waals surface area contributed by atoms with Gasteiger partial charge in [0.2, 0.25) is 11.8 Å². The first kappa shape index (κ1) is 25.4. The van der Waals surface area contributed by atoms with Crippen molar-refractivity contribution in [1.82, 2.24) is 24.5 Å². The summed E-state index contributed by atoms with van der Waals surface area (Å²) in [5, 5.41) is 3.00. The van der Waals surface area contributed by atoms with Crippen molar-refractivity contribution in [3.05, 3.63) is 72.2 Å². The van der Waals surface area contributed by atoms with Gasteiger partial charge < -0.3 is 19.4 Å². The molecule has 37 heavy (non-hydrogen) atoms. The molecule has 4 heterocycles. The number of hydrogen-bond donors (Lipinski definition) is 1. The smallest absolute Gasteiger partial charge is 0.236 e. The summed E-state index contributed by atoms with van der Waals surface area (Å²) in [5.41, 5.74) is 2.96. The van der Waals surface area contributed by atoms with E-state index < -0.39 is 0 Å². The highest BCUT2D eigenvalue weighted by atomic mass is 16.5. The zero-order chi connectivity index (χ0) is 25.5. The third-order valence-corrected chi connectivity index (χ3v) is 7.41. The van der Waals surface area contributed by atoms with Gasteiger partial charge in [0.05, 0.1) is 24.8 Å². The van der Waals surface area contributed by atoms with Gasteiger partial charge in [-0.2, -0.15) is 0 Å². The van der Waals surface area contributed by atoms with Gasteiger partial charge in [-0.15, -0.1) is 0 Å². The Morgan fingerprint density at radius 2 is 1.84 bits per heavy atom. The lowest BCUT2D eigenvalue weighted by atomic mass is 9.90. The molecule has 1 unspecified atom stereocenters. The van der Waals surface area contributed by atoms with Crippen LogP contribution in [0.1, 0.15) is 30.5 Å². The van der Waals surface area contributed by atoms with Gasteiger partial charge in [0, 0.05) is 51.7 Å². The number of aromatic nitrogens is 2. The second-order valence-corrected chi connectivity index (χ2v) is 10.3. The third-order valence-electron chi connectivity index (χ3n) is 7.41. The van der Waals surface area contributed by atoms with E-state index in [1.165, 1.54) is 5.56 Å². The number of ether oxygens (including phenoxy) is 1. The quantitative estimate of drug-likeness (QED) is 0.511. The SMILES string of the molecule is O=C(Cc1cn2ccccc2n1)NCC1CN(CC(=O)N2CCC(Cc3ccccc3)CC2)CCCO1. The Kier molecular flexibility index (Phi) is 8.48. The molecule has 0 aliphatic carbocycles. The minimum absolute atomic E-state index is 0.0720. The highest BCUT2D eigenvalue weighted by Crippen LogP contribution is 2.22. The lowest BCUT2D eigenvalue weighted by Crippen LogP contribution is -2.47. The normalized spacial score (nSPS) is 19.6. The number of carbonyl (C=O) groups is 2. The number of amides is 2. The summed E-state index contributed by atoms with van der Waals surface area (Å²) < 4.78 is 7.89. The number of likely N-dealkylation sites (tertiary alicyclic amines) is 1. The first-order valence-electron chi connectivity index (χ1n) is 13.5. The van der Waals surface area contributed by atoms with Crippen LogP contribution < -0.4 is 5.32 Å². The number of fused-ring (bicyclic) bond motifs is 1. The molecule has 2 saturated heterocycles. The van der Waals surface area contributed by atoms with Crippen LogP contribution in [0.25, 0.3) is 5.65 Å². The van der Waals surface area contributed by atoms with Crippen molar-refractivity contribution in [1.29, 1.82) is 0 Å². The van der Waals surface area contributed by atoms with E-state index in [2.05, 4.69) is 45.5 Å². The fraction of sp³-hybridized carbons (Fsp3) is 0.483. The molecular weight excluding hydrogens is 466 g/mol. The molecule has 2 fully saturated rings. The van der Waals surface area contributed by atoms with Crippen LogP contribution in [0.15, 0.2) is 60.9 Å². The van der Waals surface area contributed by atoms with Gasteiger partial charge in [-0.3, -0.25) is 14.5 Å². The lowest BCUT2D eigenvalue weighted by Gasteiger charge is -2.34.